The maximum Gasteiger partial charge on any atom is 0.164 e. The van der Waals surface area contributed by atoms with Crippen molar-refractivity contribution in [2.24, 2.45) is 0 Å². The van der Waals surface area contributed by atoms with Crippen molar-refractivity contribution in [3.63, 3.8) is 0 Å². The summed E-state index contributed by atoms with van der Waals surface area (Å²) < 4.78 is 32.3. The molecule has 21 heavy (non-hydrogen) atoms. The van der Waals surface area contributed by atoms with E-state index in [-0.39, 0.29) is 24.4 Å². The van der Waals surface area contributed by atoms with Gasteiger partial charge in [-0.05, 0) is 19.4 Å². The molecule has 3 unspecified atom stereocenters. The monoisotopic (exact) mass is 301 g/mol. The number of morpholine rings is 1. The number of hydrogen-bond acceptors (Lipinski definition) is 4. The maximum atomic E-state index is 13.6. The second kappa shape index (κ2) is 7.26. The summed E-state index contributed by atoms with van der Waals surface area (Å²) in [6.45, 7) is 3.65. The molecular weight excluding hydrogens is 280 g/mol. The van der Waals surface area contributed by atoms with Gasteiger partial charge in [0.1, 0.15) is 0 Å². The molecule has 0 aliphatic carbocycles. The van der Waals surface area contributed by atoms with Crippen LogP contribution in [-0.2, 0) is 4.74 Å². The van der Waals surface area contributed by atoms with Crippen molar-refractivity contribution in [2.45, 2.75) is 31.7 Å². The van der Waals surface area contributed by atoms with Crippen LogP contribution < -0.4 is 0 Å². The summed E-state index contributed by atoms with van der Waals surface area (Å²) in [5, 5.41) is 19.2. The minimum atomic E-state index is -1.05. The van der Waals surface area contributed by atoms with Gasteiger partial charge in [0.15, 0.2) is 11.6 Å². The average molecular weight is 301 g/mol. The first-order chi connectivity index (χ1) is 10.0. The zero-order valence-corrected chi connectivity index (χ0v) is 12.0. The zero-order chi connectivity index (χ0) is 15.4. The van der Waals surface area contributed by atoms with Gasteiger partial charge in [-0.2, -0.15) is 0 Å². The molecule has 0 spiro atoms. The molecule has 1 heterocycles. The molecule has 3 atom stereocenters. The Morgan fingerprint density at radius 2 is 2.14 bits per heavy atom. The van der Waals surface area contributed by atoms with Gasteiger partial charge in [0, 0.05) is 25.2 Å². The first kappa shape index (κ1) is 16.3. The lowest BCUT2D eigenvalue weighted by molar-refractivity contribution is -0.0967. The predicted octanol–water partition coefficient (Wildman–Crippen LogP) is 1.47. The van der Waals surface area contributed by atoms with Crippen molar-refractivity contribution >= 4 is 0 Å². The molecule has 1 aromatic carbocycles. The Morgan fingerprint density at radius 3 is 2.86 bits per heavy atom. The number of ether oxygens (including phenoxy) is 1. The van der Waals surface area contributed by atoms with Crippen LogP contribution >= 0.6 is 0 Å². The second-order valence-electron chi connectivity index (χ2n) is 5.46. The molecule has 2 rings (SSSR count). The van der Waals surface area contributed by atoms with Gasteiger partial charge in [0.05, 0.1) is 24.9 Å². The molecule has 0 bridgehead atoms. The van der Waals surface area contributed by atoms with E-state index in [9.17, 15) is 13.9 Å². The van der Waals surface area contributed by atoms with E-state index in [0.29, 0.717) is 26.1 Å². The Bertz CT molecular complexity index is 472. The summed E-state index contributed by atoms with van der Waals surface area (Å²) in [4.78, 5) is 2.05. The quantitative estimate of drug-likeness (QED) is 0.865. The molecule has 1 aliphatic rings. The van der Waals surface area contributed by atoms with Crippen molar-refractivity contribution in [3.8, 4) is 0 Å². The Kier molecular flexibility index (Phi) is 5.64. The van der Waals surface area contributed by atoms with Crippen molar-refractivity contribution in [3.05, 3.63) is 35.4 Å². The predicted molar refractivity (Wildman–Crippen MR) is 73.8 cm³/mol. The van der Waals surface area contributed by atoms with Crippen LogP contribution in [0.3, 0.4) is 0 Å². The fourth-order valence-electron chi connectivity index (χ4n) is 2.66. The van der Waals surface area contributed by atoms with Crippen LogP contribution in [0.25, 0.3) is 0 Å². The first-order valence-electron chi connectivity index (χ1n) is 7.12. The molecule has 2 N–H and O–H groups in total. The molecule has 1 aromatic rings. The highest BCUT2D eigenvalue weighted by molar-refractivity contribution is 5.21. The van der Waals surface area contributed by atoms with Gasteiger partial charge in [-0.25, -0.2) is 8.78 Å². The number of nitrogens with zero attached hydrogens (tertiary/aromatic N) is 1. The standard InChI is InChI=1S/C15H21F2NO3/c1-10-7-18(8-11(9-19)21-10)6-5-14(20)12-3-2-4-13(16)15(12)17/h2-4,10-11,14,19-20H,5-9H2,1H3. The summed E-state index contributed by atoms with van der Waals surface area (Å²) in [5.41, 5.74) is -0.0185. The van der Waals surface area contributed by atoms with E-state index in [0.717, 1.165) is 6.07 Å². The van der Waals surface area contributed by atoms with Crippen LogP contribution in [0.2, 0.25) is 0 Å². The molecular formula is C15H21F2NO3. The van der Waals surface area contributed by atoms with Gasteiger partial charge < -0.3 is 14.9 Å². The van der Waals surface area contributed by atoms with Crippen LogP contribution in [0.4, 0.5) is 8.78 Å². The largest absolute Gasteiger partial charge is 0.394 e. The smallest absolute Gasteiger partial charge is 0.164 e. The third kappa shape index (κ3) is 4.20. The van der Waals surface area contributed by atoms with E-state index < -0.39 is 17.7 Å². The number of rotatable bonds is 5. The minimum Gasteiger partial charge on any atom is -0.394 e. The van der Waals surface area contributed by atoms with E-state index in [1.807, 2.05) is 6.92 Å². The summed E-state index contributed by atoms with van der Waals surface area (Å²) in [7, 11) is 0. The summed E-state index contributed by atoms with van der Waals surface area (Å²) in [5.74, 6) is -1.94. The third-order valence-corrected chi connectivity index (χ3v) is 3.66. The Labute approximate surface area is 123 Å². The average Bonchev–Trinajstić information content (AvgIpc) is 2.47. The number of aliphatic hydroxyl groups is 2. The molecule has 0 amide bonds. The van der Waals surface area contributed by atoms with Crippen molar-refractivity contribution in [1.29, 1.82) is 0 Å². The van der Waals surface area contributed by atoms with E-state index >= 15 is 0 Å². The van der Waals surface area contributed by atoms with Crippen LogP contribution in [0.5, 0.6) is 0 Å². The van der Waals surface area contributed by atoms with E-state index in [1.165, 1.54) is 12.1 Å². The zero-order valence-electron chi connectivity index (χ0n) is 12.0. The fraction of sp³-hybridized carbons (Fsp3) is 0.600. The highest BCUT2D eigenvalue weighted by Crippen LogP contribution is 2.23. The first-order valence-corrected chi connectivity index (χ1v) is 7.12. The van der Waals surface area contributed by atoms with Crippen LogP contribution in [0, 0.1) is 11.6 Å². The molecule has 1 fully saturated rings. The molecule has 118 valence electrons. The van der Waals surface area contributed by atoms with Crippen LogP contribution in [0.15, 0.2) is 18.2 Å². The lowest BCUT2D eigenvalue weighted by Gasteiger charge is -2.36. The van der Waals surface area contributed by atoms with E-state index in [4.69, 9.17) is 9.84 Å². The van der Waals surface area contributed by atoms with Gasteiger partial charge in [-0.3, -0.25) is 4.90 Å². The van der Waals surface area contributed by atoms with Crippen molar-refractivity contribution in [2.75, 3.05) is 26.2 Å². The topological polar surface area (TPSA) is 52.9 Å². The Morgan fingerprint density at radius 1 is 1.38 bits per heavy atom. The molecule has 6 heteroatoms. The number of halogens is 2. The van der Waals surface area contributed by atoms with E-state index in [1.54, 1.807) is 0 Å². The molecule has 0 saturated carbocycles. The van der Waals surface area contributed by atoms with Gasteiger partial charge in [-0.1, -0.05) is 12.1 Å². The molecule has 0 aromatic heterocycles. The SMILES string of the molecule is CC1CN(CCC(O)c2cccc(F)c2F)CC(CO)O1. The van der Waals surface area contributed by atoms with Gasteiger partial charge in [0.2, 0.25) is 0 Å². The minimum absolute atomic E-state index is 0.000973. The fourth-order valence-corrected chi connectivity index (χ4v) is 2.66. The van der Waals surface area contributed by atoms with Gasteiger partial charge >= 0.3 is 0 Å². The molecule has 1 aliphatic heterocycles. The van der Waals surface area contributed by atoms with Crippen molar-refractivity contribution in [1.82, 2.24) is 4.90 Å². The highest BCUT2D eigenvalue weighted by atomic mass is 19.2. The maximum absolute atomic E-state index is 13.6. The van der Waals surface area contributed by atoms with Crippen LogP contribution in [-0.4, -0.2) is 53.6 Å². The number of hydrogen-bond donors (Lipinski definition) is 2. The van der Waals surface area contributed by atoms with Crippen molar-refractivity contribution < 1.29 is 23.7 Å². The summed E-state index contributed by atoms with van der Waals surface area (Å²) >= 11 is 0. The highest BCUT2D eigenvalue weighted by Gasteiger charge is 2.25. The van der Waals surface area contributed by atoms with Gasteiger partial charge in [-0.15, -0.1) is 0 Å². The molecule has 1 saturated heterocycles. The van der Waals surface area contributed by atoms with Gasteiger partial charge in [0.25, 0.3) is 0 Å². The summed E-state index contributed by atoms with van der Waals surface area (Å²) in [6.07, 6.45) is -0.993. The summed E-state index contributed by atoms with van der Waals surface area (Å²) in [6, 6.07) is 3.80. The molecule has 0 radical (unpaired) electrons. The Balaban J connectivity index is 1.91. The normalized spacial score (nSPS) is 25.0. The third-order valence-electron chi connectivity index (χ3n) is 3.66. The molecule has 4 nitrogen and oxygen atoms in total. The van der Waals surface area contributed by atoms with E-state index in [2.05, 4.69) is 4.90 Å². The van der Waals surface area contributed by atoms with Crippen LogP contribution in [0.1, 0.15) is 25.0 Å². The number of aliphatic hydroxyl groups excluding tert-OH is 2. The Hall–Kier alpha value is -1.08. The lowest BCUT2D eigenvalue weighted by atomic mass is 10.0. The number of benzene rings is 1. The second-order valence-corrected chi connectivity index (χ2v) is 5.46. The lowest BCUT2D eigenvalue weighted by Crippen LogP contribution is -2.48.